The van der Waals surface area contributed by atoms with Crippen LogP contribution < -0.4 is 45.3 Å². The molecule has 0 bridgehead atoms. The molecular weight excluding hydrogens is 239 g/mol. The Morgan fingerprint density at radius 1 is 0.889 bits per heavy atom. The van der Waals surface area contributed by atoms with Gasteiger partial charge in [-0.2, -0.15) is 0 Å². The SMILES string of the molecule is CCCCCCCCNCCNCCC(=O)[O-].[Na+]. The summed E-state index contributed by atoms with van der Waals surface area (Å²) in [5.41, 5.74) is 0. The van der Waals surface area contributed by atoms with Crippen LogP contribution in [0.5, 0.6) is 0 Å². The van der Waals surface area contributed by atoms with E-state index in [-0.39, 0.29) is 36.0 Å². The zero-order valence-corrected chi connectivity index (χ0v) is 14.1. The first-order valence-electron chi connectivity index (χ1n) is 6.88. The molecule has 0 aromatic carbocycles. The summed E-state index contributed by atoms with van der Waals surface area (Å²) in [6.07, 6.45) is 8.01. The maximum absolute atomic E-state index is 10.1. The van der Waals surface area contributed by atoms with Gasteiger partial charge in [-0.25, -0.2) is 0 Å². The molecule has 0 aromatic heterocycles. The Hall–Kier alpha value is 0.390. The zero-order valence-electron chi connectivity index (χ0n) is 12.1. The van der Waals surface area contributed by atoms with Gasteiger partial charge in [-0.15, -0.1) is 0 Å². The molecule has 0 unspecified atom stereocenters. The number of carbonyl (C=O) groups is 1. The van der Waals surface area contributed by atoms with Crippen LogP contribution in [0.25, 0.3) is 0 Å². The number of hydrogen-bond donors (Lipinski definition) is 2. The molecule has 0 spiro atoms. The van der Waals surface area contributed by atoms with E-state index < -0.39 is 5.97 Å². The number of nitrogens with one attached hydrogen (secondary N) is 2. The van der Waals surface area contributed by atoms with E-state index in [1.807, 2.05) is 0 Å². The fourth-order valence-electron chi connectivity index (χ4n) is 1.65. The van der Waals surface area contributed by atoms with Crippen LogP contribution in [0.4, 0.5) is 0 Å². The molecule has 0 saturated heterocycles. The van der Waals surface area contributed by atoms with Crippen molar-refractivity contribution >= 4 is 5.97 Å². The van der Waals surface area contributed by atoms with Crippen molar-refractivity contribution < 1.29 is 39.5 Å². The third kappa shape index (κ3) is 18.7. The summed E-state index contributed by atoms with van der Waals surface area (Å²) in [4.78, 5) is 10.1. The van der Waals surface area contributed by atoms with Gasteiger partial charge >= 0.3 is 29.6 Å². The normalized spacial score (nSPS) is 10.1. The predicted molar refractivity (Wildman–Crippen MR) is 68.7 cm³/mol. The molecule has 0 amide bonds. The van der Waals surface area contributed by atoms with Crippen molar-refractivity contribution in [3.63, 3.8) is 0 Å². The van der Waals surface area contributed by atoms with Crippen molar-refractivity contribution in [3.05, 3.63) is 0 Å². The quantitative estimate of drug-likeness (QED) is 0.290. The Kier molecular flexibility index (Phi) is 20.0. The van der Waals surface area contributed by atoms with Gasteiger partial charge < -0.3 is 20.5 Å². The van der Waals surface area contributed by atoms with E-state index in [1.54, 1.807) is 0 Å². The van der Waals surface area contributed by atoms with E-state index in [4.69, 9.17) is 0 Å². The van der Waals surface area contributed by atoms with E-state index in [1.165, 1.54) is 38.5 Å². The number of hydrogen-bond acceptors (Lipinski definition) is 4. The smallest absolute Gasteiger partial charge is 0.550 e. The van der Waals surface area contributed by atoms with Crippen LogP contribution in [0.2, 0.25) is 0 Å². The molecule has 0 atom stereocenters. The fourth-order valence-corrected chi connectivity index (χ4v) is 1.65. The number of aliphatic carboxylic acids is 1. The van der Waals surface area contributed by atoms with Gasteiger partial charge in [-0.3, -0.25) is 0 Å². The molecule has 0 aliphatic rings. The second-order valence-electron chi connectivity index (χ2n) is 4.39. The maximum Gasteiger partial charge on any atom is 1.00 e. The van der Waals surface area contributed by atoms with Crippen LogP contribution in [-0.2, 0) is 4.79 Å². The average Bonchev–Trinajstić information content (AvgIpc) is 2.30. The maximum atomic E-state index is 10.1. The number of unbranched alkanes of at least 4 members (excludes halogenated alkanes) is 5. The van der Waals surface area contributed by atoms with Crippen LogP contribution in [0.3, 0.4) is 0 Å². The van der Waals surface area contributed by atoms with E-state index in [9.17, 15) is 9.90 Å². The summed E-state index contributed by atoms with van der Waals surface area (Å²) in [7, 11) is 0. The Bertz CT molecular complexity index is 180. The van der Waals surface area contributed by atoms with E-state index in [0.717, 1.165) is 19.6 Å². The number of carboxylic acids is 1. The molecular formula is C13H27N2NaO2. The van der Waals surface area contributed by atoms with Gasteiger partial charge in [0.25, 0.3) is 0 Å². The minimum absolute atomic E-state index is 0. The van der Waals surface area contributed by atoms with Crippen LogP contribution in [-0.4, -0.2) is 32.1 Å². The fraction of sp³-hybridized carbons (Fsp3) is 0.923. The first-order valence-corrected chi connectivity index (χ1v) is 6.88. The van der Waals surface area contributed by atoms with Gasteiger partial charge in [0.05, 0.1) is 0 Å². The van der Waals surface area contributed by atoms with Crippen molar-refractivity contribution in [3.8, 4) is 0 Å². The molecule has 0 fully saturated rings. The zero-order chi connectivity index (χ0) is 12.8. The van der Waals surface area contributed by atoms with Crippen molar-refractivity contribution in [1.82, 2.24) is 10.6 Å². The second kappa shape index (κ2) is 17.4. The Morgan fingerprint density at radius 3 is 2.06 bits per heavy atom. The molecule has 0 heterocycles. The predicted octanol–water partition coefficient (Wildman–Crippen LogP) is -2.33. The molecule has 4 nitrogen and oxygen atoms in total. The topological polar surface area (TPSA) is 64.2 Å². The minimum Gasteiger partial charge on any atom is -0.550 e. The molecule has 0 aliphatic heterocycles. The van der Waals surface area contributed by atoms with Crippen molar-refractivity contribution in [2.75, 3.05) is 26.2 Å². The first kappa shape index (κ1) is 20.7. The molecule has 0 radical (unpaired) electrons. The number of rotatable bonds is 13. The summed E-state index contributed by atoms with van der Waals surface area (Å²) < 4.78 is 0. The summed E-state index contributed by atoms with van der Waals surface area (Å²) in [6.45, 7) is 5.52. The molecule has 5 heteroatoms. The molecule has 18 heavy (non-hydrogen) atoms. The van der Waals surface area contributed by atoms with Gasteiger partial charge in [-0.05, 0) is 19.4 Å². The molecule has 0 aromatic rings. The molecule has 0 aliphatic carbocycles. The molecule has 0 saturated carbocycles. The van der Waals surface area contributed by atoms with Gasteiger partial charge in [0.1, 0.15) is 0 Å². The minimum atomic E-state index is -0.988. The standard InChI is InChI=1S/C13H28N2O2.Na/c1-2-3-4-5-6-7-9-14-11-12-15-10-8-13(16)17;/h14-15H,2-12H2,1H3,(H,16,17);/q;+1/p-1. The van der Waals surface area contributed by atoms with Crippen LogP contribution in [0.15, 0.2) is 0 Å². The van der Waals surface area contributed by atoms with Crippen LogP contribution >= 0.6 is 0 Å². The molecule has 2 N–H and O–H groups in total. The van der Waals surface area contributed by atoms with Crippen LogP contribution in [0.1, 0.15) is 51.9 Å². The summed E-state index contributed by atoms with van der Waals surface area (Å²) >= 11 is 0. The van der Waals surface area contributed by atoms with Gasteiger partial charge in [0.15, 0.2) is 0 Å². The first-order chi connectivity index (χ1) is 8.27. The Morgan fingerprint density at radius 2 is 1.44 bits per heavy atom. The largest absolute Gasteiger partial charge is 1.00 e. The van der Waals surface area contributed by atoms with Crippen molar-refractivity contribution in [1.29, 1.82) is 0 Å². The van der Waals surface area contributed by atoms with Crippen molar-refractivity contribution in [2.24, 2.45) is 0 Å². The number of carbonyl (C=O) groups excluding carboxylic acids is 1. The molecule has 102 valence electrons. The van der Waals surface area contributed by atoms with Gasteiger partial charge in [-0.1, -0.05) is 39.0 Å². The van der Waals surface area contributed by atoms with E-state index in [2.05, 4.69) is 17.6 Å². The molecule has 0 rings (SSSR count). The summed E-state index contributed by atoms with van der Waals surface area (Å²) in [6, 6.07) is 0. The van der Waals surface area contributed by atoms with Gasteiger partial charge in [0.2, 0.25) is 0 Å². The summed E-state index contributed by atoms with van der Waals surface area (Å²) in [5, 5.41) is 16.5. The van der Waals surface area contributed by atoms with E-state index >= 15 is 0 Å². The second-order valence-corrected chi connectivity index (χ2v) is 4.39. The monoisotopic (exact) mass is 266 g/mol. The third-order valence-electron chi connectivity index (χ3n) is 2.69. The summed E-state index contributed by atoms with van der Waals surface area (Å²) in [5.74, 6) is -0.988. The van der Waals surface area contributed by atoms with Gasteiger partial charge in [0, 0.05) is 25.6 Å². The number of carboxylic acid groups (broad SMARTS) is 1. The van der Waals surface area contributed by atoms with Crippen LogP contribution in [0, 0.1) is 0 Å². The Balaban J connectivity index is 0. The van der Waals surface area contributed by atoms with E-state index in [0.29, 0.717) is 6.54 Å². The average molecular weight is 266 g/mol. The third-order valence-corrected chi connectivity index (χ3v) is 2.69. The Labute approximate surface area is 134 Å². The van der Waals surface area contributed by atoms with Crippen molar-refractivity contribution in [2.45, 2.75) is 51.9 Å².